The number of rotatable bonds is 4. The molecule has 1 saturated heterocycles. The van der Waals surface area contributed by atoms with E-state index >= 15 is 0 Å². The second kappa shape index (κ2) is 5.87. The standard InChI is InChI=1S/C16H19NO4/c1-10-14(18)5-4-13-11(7-15(19)21-16(10)13)8-17-9-12-3-2-6-20-12/h4-5,7,12,17-18H,2-3,6,8-9H2,1H3/p+1/t12-/m1/s1. The number of phenols is 1. The van der Waals surface area contributed by atoms with E-state index in [9.17, 15) is 9.90 Å². The van der Waals surface area contributed by atoms with Gasteiger partial charge < -0.3 is 19.6 Å². The summed E-state index contributed by atoms with van der Waals surface area (Å²) >= 11 is 0. The Hall–Kier alpha value is -1.85. The molecule has 0 aliphatic carbocycles. The molecular formula is C16H20NO4+. The molecule has 0 unspecified atom stereocenters. The number of benzene rings is 1. The van der Waals surface area contributed by atoms with E-state index in [1.807, 2.05) is 0 Å². The van der Waals surface area contributed by atoms with Gasteiger partial charge in [0, 0.05) is 29.2 Å². The lowest BCUT2D eigenvalue weighted by Gasteiger charge is -2.10. The molecule has 1 fully saturated rings. The van der Waals surface area contributed by atoms with E-state index in [0.29, 0.717) is 23.8 Å². The molecule has 21 heavy (non-hydrogen) atoms. The van der Waals surface area contributed by atoms with Crippen LogP contribution in [0.3, 0.4) is 0 Å². The largest absolute Gasteiger partial charge is 0.508 e. The predicted molar refractivity (Wildman–Crippen MR) is 78.4 cm³/mol. The zero-order valence-electron chi connectivity index (χ0n) is 12.1. The third-order valence-electron chi connectivity index (χ3n) is 4.04. The molecule has 1 aromatic heterocycles. The molecule has 2 heterocycles. The summed E-state index contributed by atoms with van der Waals surface area (Å²) in [5, 5.41) is 12.8. The molecule has 0 spiro atoms. The summed E-state index contributed by atoms with van der Waals surface area (Å²) in [4.78, 5) is 11.7. The Morgan fingerprint density at radius 1 is 1.43 bits per heavy atom. The SMILES string of the molecule is Cc1c(O)ccc2c(C[NH2+]C[C@H]3CCCO3)cc(=O)oc12. The molecule has 3 rings (SSSR count). The van der Waals surface area contributed by atoms with Crippen molar-refractivity contribution in [3.05, 3.63) is 39.7 Å². The molecule has 2 aromatic rings. The summed E-state index contributed by atoms with van der Waals surface area (Å²) in [6.07, 6.45) is 2.57. The molecule has 1 aliphatic rings. The molecule has 1 aromatic carbocycles. The highest BCUT2D eigenvalue weighted by Gasteiger charge is 2.17. The Morgan fingerprint density at radius 2 is 2.29 bits per heavy atom. The predicted octanol–water partition coefficient (Wildman–Crippen LogP) is 1.05. The second-order valence-corrected chi connectivity index (χ2v) is 5.54. The van der Waals surface area contributed by atoms with E-state index in [4.69, 9.17) is 9.15 Å². The minimum Gasteiger partial charge on any atom is -0.508 e. The van der Waals surface area contributed by atoms with E-state index < -0.39 is 0 Å². The van der Waals surface area contributed by atoms with Crippen molar-refractivity contribution >= 4 is 11.0 Å². The number of hydrogen-bond donors (Lipinski definition) is 2. The van der Waals surface area contributed by atoms with Gasteiger partial charge >= 0.3 is 5.63 Å². The fourth-order valence-corrected chi connectivity index (χ4v) is 2.84. The van der Waals surface area contributed by atoms with Gasteiger partial charge in [0.25, 0.3) is 0 Å². The minimum absolute atomic E-state index is 0.145. The van der Waals surface area contributed by atoms with Crippen molar-refractivity contribution in [2.45, 2.75) is 32.4 Å². The molecule has 1 aliphatic heterocycles. The molecule has 5 heteroatoms. The van der Waals surface area contributed by atoms with Gasteiger partial charge in [0.1, 0.15) is 30.5 Å². The van der Waals surface area contributed by atoms with E-state index in [0.717, 1.165) is 36.9 Å². The number of phenolic OH excluding ortho intramolecular Hbond substituents is 1. The molecule has 0 amide bonds. The lowest BCUT2D eigenvalue weighted by atomic mass is 10.1. The third kappa shape index (κ3) is 2.94. The summed E-state index contributed by atoms with van der Waals surface area (Å²) in [5.41, 5.74) is 1.63. The second-order valence-electron chi connectivity index (χ2n) is 5.54. The first kappa shape index (κ1) is 14.1. The van der Waals surface area contributed by atoms with Crippen molar-refractivity contribution < 1.29 is 19.6 Å². The Kier molecular flexibility index (Phi) is 3.94. The zero-order valence-corrected chi connectivity index (χ0v) is 12.1. The van der Waals surface area contributed by atoms with Gasteiger partial charge in [-0.15, -0.1) is 0 Å². The van der Waals surface area contributed by atoms with E-state index in [-0.39, 0.29) is 11.4 Å². The maximum absolute atomic E-state index is 11.7. The van der Waals surface area contributed by atoms with Crippen LogP contribution in [0, 0.1) is 6.92 Å². The molecular weight excluding hydrogens is 270 g/mol. The summed E-state index contributed by atoms with van der Waals surface area (Å²) in [5.74, 6) is 0.145. The molecule has 5 nitrogen and oxygen atoms in total. The summed E-state index contributed by atoms with van der Waals surface area (Å²) in [7, 11) is 0. The van der Waals surface area contributed by atoms with Gasteiger partial charge in [-0.2, -0.15) is 0 Å². The fraction of sp³-hybridized carbons (Fsp3) is 0.438. The number of nitrogens with two attached hydrogens (primary N) is 1. The van der Waals surface area contributed by atoms with Crippen LogP contribution in [0.4, 0.5) is 0 Å². The van der Waals surface area contributed by atoms with Gasteiger partial charge in [0.05, 0.1) is 0 Å². The number of aryl methyl sites for hydroxylation is 1. The quantitative estimate of drug-likeness (QED) is 0.825. The average molecular weight is 290 g/mol. The van der Waals surface area contributed by atoms with Crippen LogP contribution in [-0.4, -0.2) is 24.4 Å². The third-order valence-corrected chi connectivity index (χ3v) is 4.04. The fourth-order valence-electron chi connectivity index (χ4n) is 2.84. The molecule has 0 bridgehead atoms. The molecule has 0 saturated carbocycles. The van der Waals surface area contributed by atoms with Crippen LogP contribution in [0.2, 0.25) is 0 Å². The number of fused-ring (bicyclic) bond motifs is 1. The maximum Gasteiger partial charge on any atom is 0.336 e. The lowest BCUT2D eigenvalue weighted by molar-refractivity contribution is -0.676. The van der Waals surface area contributed by atoms with Crippen LogP contribution < -0.4 is 10.9 Å². The molecule has 0 radical (unpaired) electrons. The normalized spacial score (nSPS) is 18.4. The van der Waals surface area contributed by atoms with E-state index in [2.05, 4.69) is 5.32 Å². The van der Waals surface area contributed by atoms with Crippen LogP contribution in [-0.2, 0) is 11.3 Å². The van der Waals surface area contributed by atoms with Crippen molar-refractivity contribution in [3.63, 3.8) is 0 Å². The first-order valence-electron chi connectivity index (χ1n) is 7.33. The van der Waals surface area contributed by atoms with Crippen molar-refractivity contribution in [1.82, 2.24) is 0 Å². The van der Waals surface area contributed by atoms with Crippen LogP contribution in [0.15, 0.2) is 27.4 Å². The first-order valence-corrected chi connectivity index (χ1v) is 7.33. The van der Waals surface area contributed by atoms with Gasteiger partial charge in [-0.25, -0.2) is 4.79 Å². The van der Waals surface area contributed by atoms with Crippen molar-refractivity contribution in [1.29, 1.82) is 0 Å². The topological polar surface area (TPSA) is 76.3 Å². The maximum atomic E-state index is 11.7. The molecule has 1 atom stereocenters. The Morgan fingerprint density at radius 3 is 3.05 bits per heavy atom. The van der Waals surface area contributed by atoms with Gasteiger partial charge in [-0.05, 0) is 31.9 Å². The Bertz CT molecular complexity index is 701. The lowest BCUT2D eigenvalue weighted by Crippen LogP contribution is -2.84. The van der Waals surface area contributed by atoms with Crippen LogP contribution in [0.5, 0.6) is 5.75 Å². The molecule has 112 valence electrons. The number of aromatic hydroxyl groups is 1. The van der Waals surface area contributed by atoms with Crippen LogP contribution >= 0.6 is 0 Å². The number of ether oxygens (including phenoxy) is 1. The first-order chi connectivity index (χ1) is 10.1. The van der Waals surface area contributed by atoms with Crippen LogP contribution in [0.25, 0.3) is 11.0 Å². The van der Waals surface area contributed by atoms with E-state index in [1.165, 1.54) is 6.07 Å². The van der Waals surface area contributed by atoms with Gasteiger partial charge in [0.15, 0.2) is 0 Å². The summed E-state index contributed by atoms with van der Waals surface area (Å²) < 4.78 is 10.8. The number of hydrogen-bond acceptors (Lipinski definition) is 4. The summed E-state index contributed by atoms with van der Waals surface area (Å²) in [6, 6.07) is 4.97. The molecule has 3 N–H and O–H groups in total. The zero-order chi connectivity index (χ0) is 14.8. The highest BCUT2D eigenvalue weighted by molar-refractivity contribution is 5.84. The van der Waals surface area contributed by atoms with E-state index in [1.54, 1.807) is 19.1 Å². The van der Waals surface area contributed by atoms with Crippen LogP contribution in [0.1, 0.15) is 24.0 Å². The smallest absolute Gasteiger partial charge is 0.336 e. The van der Waals surface area contributed by atoms with Crippen molar-refractivity contribution in [2.24, 2.45) is 0 Å². The van der Waals surface area contributed by atoms with Gasteiger partial charge in [0.2, 0.25) is 0 Å². The average Bonchev–Trinajstić information content (AvgIpc) is 2.96. The van der Waals surface area contributed by atoms with Gasteiger partial charge in [-0.1, -0.05) is 0 Å². The monoisotopic (exact) mass is 290 g/mol. The van der Waals surface area contributed by atoms with Crippen molar-refractivity contribution in [2.75, 3.05) is 13.2 Å². The Labute approximate surface area is 122 Å². The minimum atomic E-state index is -0.378. The number of quaternary nitrogens is 1. The van der Waals surface area contributed by atoms with Crippen molar-refractivity contribution in [3.8, 4) is 5.75 Å². The summed E-state index contributed by atoms with van der Waals surface area (Å²) in [6.45, 7) is 4.21. The Balaban J connectivity index is 1.84. The van der Waals surface area contributed by atoms with Gasteiger partial charge in [-0.3, -0.25) is 0 Å². The highest BCUT2D eigenvalue weighted by Crippen LogP contribution is 2.26. The highest BCUT2D eigenvalue weighted by atomic mass is 16.5.